The van der Waals surface area contributed by atoms with Gasteiger partial charge in [0.05, 0.1) is 0 Å². The molecule has 2 unspecified atom stereocenters. The van der Waals surface area contributed by atoms with Crippen molar-refractivity contribution in [1.82, 2.24) is 0 Å². The smallest absolute Gasteiger partial charge is 1.00 e. The van der Waals surface area contributed by atoms with Gasteiger partial charge in [0, 0.05) is 0 Å². The Hall–Kier alpha value is -2.35. The fraction of sp³-hybridized carbons (Fsp3) is 0.282. The number of fused-ring (bicyclic) bond motifs is 2. The van der Waals surface area contributed by atoms with Gasteiger partial charge in [-0.1, -0.05) is 0 Å². The van der Waals surface area contributed by atoms with Crippen LogP contribution in [0, 0.1) is 0 Å². The van der Waals surface area contributed by atoms with E-state index in [9.17, 15) is 0 Å². The van der Waals surface area contributed by atoms with Crippen molar-refractivity contribution >= 4 is 12.2 Å². The van der Waals surface area contributed by atoms with E-state index in [0.717, 1.165) is 12.8 Å². The second kappa shape index (κ2) is 12.3. The average Bonchev–Trinajstić information content (AvgIpc) is 3.49. The Bertz CT molecular complexity index is 1540. The fourth-order valence-corrected chi connectivity index (χ4v) is 18.3. The second-order valence-electron chi connectivity index (χ2n) is 12.4. The number of allylic oxidation sites excluding steroid dienone is 2. The van der Waals surface area contributed by atoms with Gasteiger partial charge in [0.2, 0.25) is 0 Å². The summed E-state index contributed by atoms with van der Waals surface area (Å²) in [6.07, 6.45) is 8.72. The van der Waals surface area contributed by atoms with Gasteiger partial charge in [0.15, 0.2) is 0 Å². The molecule has 0 N–H and O–H groups in total. The Morgan fingerprint density at radius 2 is 0.976 bits per heavy atom. The maximum atomic E-state index is 2.56. The molecule has 0 saturated carbocycles. The van der Waals surface area contributed by atoms with Crippen LogP contribution < -0.4 is 24.8 Å². The zero-order valence-electron chi connectivity index (χ0n) is 25.2. The van der Waals surface area contributed by atoms with Crippen LogP contribution in [0.15, 0.2) is 96.1 Å². The first-order chi connectivity index (χ1) is 19.5. The molecular formula is C39H40Cl2Ti. The molecule has 2 atom stereocenters. The van der Waals surface area contributed by atoms with E-state index in [-0.39, 0.29) is 24.8 Å². The van der Waals surface area contributed by atoms with Crippen molar-refractivity contribution < 1.29 is 41.4 Å². The van der Waals surface area contributed by atoms with Crippen molar-refractivity contribution in [2.24, 2.45) is 0 Å². The first-order valence-electron chi connectivity index (χ1n) is 15.3. The predicted octanol–water partition coefficient (Wildman–Crippen LogP) is 5.16. The minimum atomic E-state index is -2.41. The van der Waals surface area contributed by atoms with Gasteiger partial charge in [-0.25, -0.2) is 0 Å². The zero-order chi connectivity index (χ0) is 27.4. The third-order valence-corrected chi connectivity index (χ3v) is 20.3. The topological polar surface area (TPSA) is 0 Å². The molecule has 0 amide bonds. The van der Waals surface area contributed by atoms with E-state index in [0.29, 0.717) is 8.45 Å². The Kier molecular flexibility index (Phi) is 9.13. The third-order valence-electron chi connectivity index (χ3n) is 10.3. The average molecular weight is 628 g/mol. The zero-order valence-corrected chi connectivity index (χ0v) is 28.3. The molecule has 4 aromatic rings. The number of rotatable bonds is 6. The molecule has 214 valence electrons. The molecule has 0 spiro atoms. The Labute approximate surface area is 268 Å². The molecule has 3 aliphatic rings. The summed E-state index contributed by atoms with van der Waals surface area (Å²) in [5, 5.41) is 0. The summed E-state index contributed by atoms with van der Waals surface area (Å²) < 4.78 is 4.28. The van der Waals surface area contributed by atoms with Gasteiger partial charge in [0.25, 0.3) is 0 Å². The number of hydrogen-bond acceptors (Lipinski definition) is 0. The van der Waals surface area contributed by atoms with Gasteiger partial charge < -0.3 is 24.8 Å². The molecule has 1 aliphatic heterocycles. The van der Waals surface area contributed by atoms with Crippen molar-refractivity contribution in [3.63, 3.8) is 0 Å². The van der Waals surface area contributed by atoms with E-state index in [2.05, 4.69) is 125 Å². The molecule has 0 nitrogen and oxygen atoms in total. The van der Waals surface area contributed by atoms with Crippen LogP contribution in [0.1, 0.15) is 75.9 Å². The molecule has 1 saturated heterocycles. The number of benzene rings is 4. The predicted molar refractivity (Wildman–Crippen MR) is 170 cm³/mol. The summed E-state index contributed by atoms with van der Waals surface area (Å²) in [4.78, 5) is 0. The van der Waals surface area contributed by atoms with Crippen molar-refractivity contribution in [2.75, 3.05) is 0 Å². The molecule has 4 aromatic carbocycles. The Morgan fingerprint density at radius 1 is 0.571 bits per heavy atom. The van der Waals surface area contributed by atoms with Crippen LogP contribution in [0.2, 0.25) is 9.45 Å². The van der Waals surface area contributed by atoms with E-state index in [1.165, 1.54) is 60.4 Å². The standard InChI is InChI=1S/2C18H17.C3H6.2ClH.Ti/c2*1-3-14-7-9-15(10-8-14)17-6-4-5-16-11-13(2)12-18(16)17;1-3-2;;;/h2*4-12H,3H2,1-2H3;1-3H2;2*1H;/q;;;;;+2/p-2. The minimum absolute atomic E-state index is 0. The number of aryl methyl sites for hydroxylation is 2. The van der Waals surface area contributed by atoms with Gasteiger partial charge in [-0.15, -0.1) is 0 Å². The van der Waals surface area contributed by atoms with Crippen LogP contribution >= 0.6 is 0 Å². The maximum Gasteiger partial charge on any atom is -1.00 e. The van der Waals surface area contributed by atoms with Crippen LogP contribution in [-0.2, 0) is 29.4 Å². The van der Waals surface area contributed by atoms with Crippen molar-refractivity contribution in [3.05, 3.63) is 129 Å². The molecule has 3 heteroatoms. The molecule has 1 heterocycles. The molecule has 2 aliphatic carbocycles. The molecule has 1 fully saturated rings. The number of halogens is 2. The molecule has 0 bridgehead atoms. The summed E-state index contributed by atoms with van der Waals surface area (Å²) in [6.45, 7) is 9.36. The van der Waals surface area contributed by atoms with Crippen LogP contribution in [-0.4, -0.2) is 0 Å². The summed E-state index contributed by atoms with van der Waals surface area (Å²) >= 11 is -2.41. The van der Waals surface area contributed by atoms with Crippen LogP contribution in [0.4, 0.5) is 0 Å². The SMILES string of the molecule is CCc1ccc(-c2cccc3c2C=C(C)[CH]3[Ti+2]2([CH]3C(C)=Cc4c(-c5ccc(CC)cc5)cccc43)[CH2]C[CH2]2)cc1.[Cl-].[Cl-]. The van der Waals surface area contributed by atoms with Crippen molar-refractivity contribution in [3.8, 4) is 22.3 Å². The van der Waals surface area contributed by atoms with Crippen molar-refractivity contribution in [1.29, 1.82) is 0 Å². The quantitative estimate of drug-likeness (QED) is 0.259. The van der Waals surface area contributed by atoms with Crippen LogP contribution in [0.5, 0.6) is 0 Å². The second-order valence-corrected chi connectivity index (χ2v) is 19.7. The normalized spacial score (nSPS) is 18.7. The van der Waals surface area contributed by atoms with Gasteiger partial charge in [-0.3, -0.25) is 0 Å². The maximum absolute atomic E-state index is 2.56. The van der Waals surface area contributed by atoms with E-state index in [4.69, 9.17) is 0 Å². The fourth-order valence-electron chi connectivity index (χ4n) is 8.30. The third kappa shape index (κ3) is 4.90. The Morgan fingerprint density at radius 3 is 1.31 bits per heavy atom. The largest absolute Gasteiger partial charge is 1.00 e. The molecular weight excluding hydrogens is 587 g/mol. The van der Waals surface area contributed by atoms with Gasteiger partial charge in [-0.2, -0.15) is 0 Å². The van der Waals surface area contributed by atoms with Crippen molar-refractivity contribution in [2.45, 2.75) is 64.9 Å². The minimum Gasteiger partial charge on any atom is -1.00 e. The molecule has 42 heavy (non-hydrogen) atoms. The Balaban J connectivity index is 0.00000176. The van der Waals surface area contributed by atoms with E-state index in [1.807, 2.05) is 0 Å². The molecule has 0 aromatic heterocycles. The summed E-state index contributed by atoms with van der Waals surface area (Å²) in [5.41, 5.74) is 17.9. The van der Waals surface area contributed by atoms with E-state index >= 15 is 0 Å². The van der Waals surface area contributed by atoms with Gasteiger partial charge in [-0.05, 0) is 0 Å². The molecule has 7 rings (SSSR count). The summed E-state index contributed by atoms with van der Waals surface area (Å²) in [6, 6.07) is 32.9. The number of hydrogen-bond donors (Lipinski definition) is 0. The summed E-state index contributed by atoms with van der Waals surface area (Å²) in [7, 11) is 0. The van der Waals surface area contributed by atoms with E-state index in [1.54, 1.807) is 22.3 Å². The van der Waals surface area contributed by atoms with Crippen LogP contribution in [0.25, 0.3) is 34.4 Å². The first kappa shape index (κ1) is 31.1. The summed E-state index contributed by atoms with van der Waals surface area (Å²) in [5.74, 6) is 0. The van der Waals surface area contributed by atoms with Crippen LogP contribution in [0.3, 0.4) is 0 Å². The van der Waals surface area contributed by atoms with Gasteiger partial charge >= 0.3 is 245 Å². The van der Waals surface area contributed by atoms with E-state index < -0.39 is 16.6 Å². The molecule has 0 radical (unpaired) electrons. The first-order valence-corrected chi connectivity index (χ1v) is 19.4. The monoisotopic (exact) mass is 626 g/mol. The van der Waals surface area contributed by atoms with Gasteiger partial charge in [0.1, 0.15) is 0 Å².